The van der Waals surface area contributed by atoms with E-state index < -0.39 is 16.2 Å². The number of hydrogen-bond donors (Lipinski definition) is 0. The first kappa shape index (κ1) is 25.9. The predicted octanol–water partition coefficient (Wildman–Crippen LogP) is 3.59. The topological polar surface area (TPSA) is 93.2 Å². The number of rotatable bonds is 8. The molecule has 1 amide bonds. The molecule has 2 aliphatic heterocycles. The summed E-state index contributed by atoms with van der Waals surface area (Å²) in [5.41, 5.74) is 2.00. The van der Waals surface area contributed by atoms with Gasteiger partial charge in [0.2, 0.25) is 0 Å². The number of ketones is 1. The highest BCUT2D eigenvalue weighted by Gasteiger charge is 2.39. The lowest BCUT2D eigenvalue weighted by Crippen LogP contribution is -2.52. The number of ether oxygens (including phenoxy) is 1. The second-order valence-electron chi connectivity index (χ2n) is 9.51. The molecule has 0 aliphatic carbocycles. The van der Waals surface area contributed by atoms with Crippen LogP contribution in [0, 0.1) is 11.8 Å². The van der Waals surface area contributed by atoms with Gasteiger partial charge in [0.25, 0.3) is 10.1 Å². The molecule has 1 saturated heterocycles. The number of carbonyl (C=O) groups is 2. The Morgan fingerprint density at radius 3 is 2.33 bits per heavy atom. The summed E-state index contributed by atoms with van der Waals surface area (Å²) in [6, 6.07) is 19.3. The maximum absolute atomic E-state index is 13.0. The second kappa shape index (κ2) is 11.7. The van der Waals surface area contributed by atoms with Gasteiger partial charge in [0, 0.05) is 44.2 Å². The minimum atomic E-state index is -3.62. The van der Waals surface area contributed by atoms with Gasteiger partial charge < -0.3 is 14.5 Å². The molecule has 2 heterocycles. The van der Waals surface area contributed by atoms with Gasteiger partial charge in [-0.25, -0.2) is 4.79 Å². The van der Waals surface area contributed by atoms with Gasteiger partial charge in [-0.2, -0.15) is 8.42 Å². The molecule has 0 saturated carbocycles. The van der Waals surface area contributed by atoms with E-state index in [1.54, 1.807) is 11.0 Å². The molecular formula is C27H32N2O6S. The molecule has 0 aromatic heterocycles. The highest BCUT2D eigenvalue weighted by molar-refractivity contribution is 7.85. The molecule has 2 aromatic rings. The monoisotopic (exact) mass is 512 g/mol. The molecule has 0 bridgehead atoms. The van der Waals surface area contributed by atoms with E-state index in [4.69, 9.17) is 8.92 Å². The van der Waals surface area contributed by atoms with Crippen molar-refractivity contribution in [2.75, 3.05) is 26.0 Å². The van der Waals surface area contributed by atoms with E-state index in [2.05, 4.69) is 4.90 Å². The molecule has 192 valence electrons. The summed E-state index contributed by atoms with van der Waals surface area (Å²) in [6.07, 6.45) is 4.96. The fourth-order valence-electron chi connectivity index (χ4n) is 4.91. The molecule has 0 radical (unpaired) electrons. The van der Waals surface area contributed by atoms with E-state index in [1.165, 1.54) is 0 Å². The first-order valence-corrected chi connectivity index (χ1v) is 13.9. The lowest BCUT2D eigenvalue weighted by Gasteiger charge is -2.44. The van der Waals surface area contributed by atoms with E-state index in [0.717, 1.165) is 17.4 Å². The van der Waals surface area contributed by atoms with Gasteiger partial charge in [-0.1, -0.05) is 60.7 Å². The van der Waals surface area contributed by atoms with E-state index in [9.17, 15) is 18.0 Å². The number of carbonyl (C=O) groups excluding carboxylic acids is 2. The summed E-state index contributed by atoms with van der Waals surface area (Å²) in [5.74, 6) is -0.229. The molecule has 36 heavy (non-hydrogen) atoms. The van der Waals surface area contributed by atoms with Gasteiger partial charge in [-0.3, -0.25) is 8.98 Å². The van der Waals surface area contributed by atoms with Gasteiger partial charge in [0.05, 0.1) is 12.9 Å². The Hall–Kier alpha value is -3.17. The van der Waals surface area contributed by atoms with Crippen molar-refractivity contribution in [3.8, 4) is 0 Å². The summed E-state index contributed by atoms with van der Waals surface area (Å²) in [7, 11) is -3.62. The van der Waals surface area contributed by atoms with Crippen molar-refractivity contribution < 1.29 is 26.9 Å². The molecule has 9 heteroatoms. The van der Waals surface area contributed by atoms with Crippen LogP contribution in [0.15, 0.2) is 72.9 Å². The number of piperidine rings is 1. The zero-order valence-electron chi connectivity index (χ0n) is 20.4. The second-order valence-corrected chi connectivity index (χ2v) is 11.2. The normalized spacial score (nSPS) is 22.5. The van der Waals surface area contributed by atoms with Crippen molar-refractivity contribution in [1.82, 2.24) is 9.80 Å². The summed E-state index contributed by atoms with van der Waals surface area (Å²) in [6.45, 7) is 1.51. The number of benzene rings is 2. The van der Waals surface area contributed by atoms with Crippen molar-refractivity contribution in [2.24, 2.45) is 11.8 Å². The highest BCUT2D eigenvalue weighted by Crippen LogP contribution is 2.32. The van der Waals surface area contributed by atoms with E-state index in [1.807, 2.05) is 66.9 Å². The lowest BCUT2D eigenvalue weighted by atomic mass is 9.81. The van der Waals surface area contributed by atoms with Crippen molar-refractivity contribution >= 4 is 22.0 Å². The molecule has 4 rings (SSSR count). The number of allylic oxidation sites excluding steroid dienone is 1. The third-order valence-electron chi connectivity index (χ3n) is 6.59. The molecule has 0 N–H and O–H groups in total. The van der Waals surface area contributed by atoms with Crippen LogP contribution in [0.25, 0.3) is 0 Å². The summed E-state index contributed by atoms with van der Waals surface area (Å²) in [4.78, 5) is 29.2. The zero-order valence-corrected chi connectivity index (χ0v) is 21.2. The Bertz CT molecular complexity index is 1170. The molecular weight excluding hydrogens is 480 g/mol. The number of nitrogens with zero attached hydrogens (tertiary/aromatic N) is 2. The molecule has 3 atom stereocenters. The van der Waals surface area contributed by atoms with Crippen LogP contribution in [-0.4, -0.2) is 62.1 Å². The van der Waals surface area contributed by atoms with E-state index >= 15 is 0 Å². The SMILES string of the molecule is CS(=O)(=O)OC[C@@H]1C[C@H]([C@@H]2CC(=O)C=CN2Cc2ccccc2)CN(C(=O)OCc2ccccc2)C1. The lowest BCUT2D eigenvalue weighted by molar-refractivity contribution is -0.117. The van der Waals surface area contributed by atoms with Gasteiger partial charge in [-0.05, 0) is 29.5 Å². The van der Waals surface area contributed by atoms with Crippen LogP contribution in [-0.2, 0) is 37.0 Å². The summed E-state index contributed by atoms with van der Waals surface area (Å²) in [5, 5.41) is 0. The summed E-state index contributed by atoms with van der Waals surface area (Å²) < 4.78 is 34.0. The third kappa shape index (κ3) is 7.41. The average Bonchev–Trinajstić information content (AvgIpc) is 2.88. The fraction of sp³-hybridized carbons (Fsp3) is 0.407. The standard InChI is InChI=1S/C27H32N2O6S/c1-36(32,33)35-20-23-14-24(18-29(17-23)27(31)34-19-22-10-6-3-7-11-22)26-15-25(30)12-13-28(26)16-21-8-4-2-5-9-21/h2-13,23-24,26H,14-20H2,1H3/t23-,24+,26+/m1/s1. The van der Waals surface area contributed by atoms with Crippen molar-refractivity contribution in [1.29, 1.82) is 0 Å². The fourth-order valence-corrected chi connectivity index (χ4v) is 5.35. The van der Waals surface area contributed by atoms with Crippen LogP contribution >= 0.6 is 0 Å². The Morgan fingerprint density at radius 2 is 1.67 bits per heavy atom. The number of amides is 1. The van der Waals surface area contributed by atoms with Crippen LogP contribution < -0.4 is 0 Å². The minimum Gasteiger partial charge on any atom is -0.445 e. The number of hydrogen-bond acceptors (Lipinski definition) is 7. The van der Waals surface area contributed by atoms with Crippen LogP contribution in [0.5, 0.6) is 0 Å². The van der Waals surface area contributed by atoms with Crippen LogP contribution in [0.2, 0.25) is 0 Å². The van der Waals surface area contributed by atoms with Crippen LogP contribution in [0.4, 0.5) is 4.79 Å². The van der Waals surface area contributed by atoms with E-state index in [0.29, 0.717) is 32.5 Å². The predicted molar refractivity (Wildman–Crippen MR) is 135 cm³/mol. The molecule has 1 fully saturated rings. The van der Waals surface area contributed by atoms with E-state index in [-0.39, 0.29) is 36.9 Å². The Kier molecular flexibility index (Phi) is 8.43. The minimum absolute atomic E-state index is 0.0208. The molecule has 0 unspecified atom stereocenters. The third-order valence-corrected chi connectivity index (χ3v) is 7.16. The van der Waals surface area contributed by atoms with Crippen molar-refractivity contribution in [3.63, 3.8) is 0 Å². The number of likely N-dealkylation sites (tertiary alicyclic amines) is 1. The quantitative estimate of drug-likeness (QED) is 0.499. The zero-order chi connectivity index (χ0) is 25.5. The smallest absolute Gasteiger partial charge is 0.410 e. The molecule has 0 spiro atoms. The maximum Gasteiger partial charge on any atom is 0.410 e. The largest absolute Gasteiger partial charge is 0.445 e. The first-order valence-electron chi connectivity index (χ1n) is 12.1. The maximum atomic E-state index is 13.0. The molecule has 2 aliphatic rings. The average molecular weight is 513 g/mol. The molecule has 2 aromatic carbocycles. The van der Waals surface area contributed by atoms with Gasteiger partial charge in [0.15, 0.2) is 5.78 Å². The van der Waals surface area contributed by atoms with Crippen molar-refractivity contribution in [3.05, 3.63) is 84.1 Å². The highest BCUT2D eigenvalue weighted by atomic mass is 32.2. The Labute approximate surface area is 212 Å². The van der Waals surface area contributed by atoms with Gasteiger partial charge >= 0.3 is 6.09 Å². The summed E-state index contributed by atoms with van der Waals surface area (Å²) >= 11 is 0. The van der Waals surface area contributed by atoms with Crippen LogP contribution in [0.1, 0.15) is 24.0 Å². The molecule has 8 nitrogen and oxygen atoms in total. The van der Waals surface area contributed by atoms with Gasteiger partial charge in [-0.15, -0.1) is 0 Å². The van der Waals surface area contributed by atoms with Crippen molar-refractivity contribution in [2.45, 2.75) is 32.0 Å². The van der Waals surface area contributed by atoms with Gasteiger partial charge in [0.1, 0.15) is 6.61 Å². The van der Waals surface area contributed by atoms with Crippen LogP contribution in [0.3, 0.4) is 0 Å². The Balaban J connectivity index is 1.51. The Morgan fingerprint density at radius 1 is 1.00 bits per heavy atom. The first-order chi connectivity index (χ1) is 17.3.